The van der Waals surface area contributed by atoms with Crippen molar-refractivity contribution in [1.82, 2.24) is 9.55 Å². The minimum Gasteiger partial charge on any atom is -0.372 e. The van der Waals surface area contributed by atoms with Gasteiger partial charge >= 0.3 is 12.1 Å². The zero-order valence-electron chi connectivity index (χ0n) is 11.9. The van der Waals surface area contributed by atoms with Crippen LogP contribution in [-0.2, 0) is 17.1 Å². The zero-order chi connectivity index (χ0) is 18.3. The molecule has 0 aliphatic rings. The molecule has 0 aliphatic heterocycles. The Morgan fingerprint density at radius 2 is 1.62 bits per heavy atom. The summed E-state index contributed by atoms with van der Waals surface area (Å²) in [5.41, 5.74) is -3.90. The van der Waals surface area contributed by atoms with Crippen LogP contribution in [0.25, 0.3) is 11.4 Å². The molecule has 24 heavy (non-hydrogen) atoms. The van der Waals surface area contributed by atoms with Crippen molar-refractivity contribution in [2.75, 3.05) is 0 Å². The van der Waals surface area contributed by atoms with Crippen molar-refractivity contribution in [1.29, 1.82) is 0 Å². The lowest BCUT2D eigenvalue weighted by atomic mass is 9.87. The van der Waals surface area contributed by atoms with Crippen LogP contribution in [0.1, 0.15) is 11.3 Å². The molecule has 128 valence electrons. The Bertz CT molecular complexity index is 726. The van der Waals surface area contributed by atoms with E-state index in [1.54, 1.807) is 12.1 Å². The standard InChI is InChI=1S/C13H11BBrF3N2O4/c14-12(21,13(22,23)24)20-6-9(11(16,17)18)19-10(20)8-3-1-7(5-15)2-4-8/h1-4,6,21-24H,5H2. The number of hydrogen-bond acceptors (Lipinski definition) is 5. The molecule has 6 nitrogen and oxygen atoms in total. The summed E-state index contributed by atoms with van der Waals surface area (Å²) in [7, 11) is 5.22. The van der Waals surface area contributed by atoms with E-state index in [9.17, 15) is 18.3 Å². The molecule has 0 saturated heterocycles. The second-order valence-corrected chi connectivity index (χ2v) is 5.57. The Balaban J connectivity index is 2.67. The summed E-state index contributed by atoms with van der Waals surface area (Å²) < 4.78 is 39.0. The summed E-state index contributed by atoms with van der Waals surface area (Å²) in [6.07, 6.45) is -4.61. The minimum atomic E-state index is -4.88. The van der Waals surface area contributed by atoms with Crippen molar-refractivity contribution in [2.24, 2.45) is 0 Å². The van der Waals surface area contributed by atoms with Gasteiger partial charge in [-0.3, -0.25) is 0 Å². The third-order valence-corrected chi connectivity index (χ3v) is 3.87. The number of benzene rings is 1. The van der Waals surface area contributed by atoms with Crippen LogP contribution in [0, 0.1) is 0 Å². The quantitative estimate of drug-likeness (QED) is 0.343. The lowest BCUT2D eigenvalue weighted by Crippen LogP contribution is -2.56. The van der Waals surface area contributed by atoms with E-state index in [2.05, 4.69) is 20.9 Å². The summed E-state index contributed by atoms with van der Waals surface area (Å²) in [6.45, 7) is 0. The molecule has 1 atom stereocenters. The average Bonchev–Trinajstić information content (AvgIpc) is 2.92. The van der Waals surface area contributed by atoms with Gasteiger partial charge < -0.3 is 25.0 Å². The van der Waals surface area contributed by atoms with E-state index >= 15 is 0 Å². The predicted molar refractivity (Wildman–Crippen MR) is 80.6 cm³/mol. The average molecular weight is 407 g/mol. The monoisotopic (exact) mass is 406 g/mol. The third kappa shape index (κ3) is 3.49. The van der Waals surface area contributed by atoms with Gasteiger partial charge in [0.1, 0.15) is 5.82 Å². The van der Waals surface area contributed by atoms with Gasteiger partial charge in [-0.05, 0) is 5.56 Å². The van der Waals surface area contributed by atoms with Gasteiger partial charge in [-0.1, -0.05) is 40.2 Å². The van der Waals surface area contributed by atoms with E-state index in [-0.39, 0.29) is 16.3 Å². The Morgan fingerprint density at radius 1 is 1.08 bits per heavy atom. The predicted octanol–water partition coefficient (Wildman–Crippen LogP) is 0.866. The van der Waals surface area contributed by atoms with Crippen molar-refractivity contribution in [3.63, 3.8) is 0 Å². The molecule has 1 aromatic heterocycles. The summed E-state index contributed by atoms with van der Waals surface area (Å²) in [4.78, 5) is 3.34. The molecule has 0 bridgehead atoms. The number of aliphatic hydroxyl groups is 4. The molecule has 0 amide bonds. The largest absolute Gasteiger partial charge is 0.434 e. The van der Waals surface area contributed by atoms with E-state index in [0.717, 1.165) is 5.56 Å². The molecular formula is C13H11BBrF3N2O4. The number of aromatic nitrogens is 2. The highest BCUT2D eigenvalue weighted by atomic mass is 79.9. The molecule has 1 aromatic carbocycles. The molecular weight excluding hydrogens is 396 g/mol. The van der Waals surface area contributed by atoms with Crippen molar-refractivity contribution in [3.05, 3.63) is 41.7 Å². The first-order chi connectivity index (χ1) is 10.9. The maximum atomic E-state index is 12.9. The van der Waals surface area contributed by atoms with E-state index in [0.29, 0.717) is 5.33 Å². The van der Waals surface area contributed by atoms with Gasteiger partial charge in [0, 0.05) is 17.1 Å². The highest BCUT2D eigenvalue weighted by Crippen LogP contribution is 2.34. The van der Waals surface area contributed by atoms with Crippen molar-refractivity contribution >= 4 is 23.8 Å². The molecule has 1 unspecified atom stereocenters. The molecule has 2 rings (SSSR count). The van der Waals surface area contributed by atoms with E-state index in [1.165, 1.54) is 12.1 Å². The second kappa shape index (κ2) is 6.15. The van der Waals surface area contributed by atoms with Gasteiger partial charge in [0.15, 0.2) is 19.2 Å². The second-order valence-electron chi connectivity index (χ2n) is 5.01. The number of hydrogen-bond donors (Lipinski definition) is 4. The maximum Gasteiger partial charge on any atom is 0.434 e. The van der Waals surface area contributed by atoms with Crippen LogP contribution in [0.3, 0.4) is 0 Å². The molecule has 0 fully saturated rings. The Labute approximate surface area is 143 Å². The fourth-order valence-electron chi connectivity index (χ4n) is 1.88. The molecule has 11 heteroatoms. The topological polar surface area (TPSA) is 98.7 Å². The van der Waals surface area contributed by atoms with E-state index < -0.39 is 29.3 Å². The Kier molecular flexibility index (Phi) is 4.86. The first-order valence-electron chi connectivity index (χ1n) is 6.38. The fourth-order valence-corrected chi connectivity index (χ4v) is 2.26. The van der Waals surface area contributed by atoms with Gasteiger partial charge in [0.05, 0.1) is 0 Å². The lowest BCUT2D eigenvalue weighted by Gasteiger charge is -2.34. The molecule has 4 N–H and O–H groups in total. The number of rotatable bonds is 4. The highest BCUT2D eigenvalue weighted by molar-refractivity contribution is 9.08. The van der Waals surface area contributed by atoms with Gasteiger partial charge in [0.25, 0.3) is 0 Å². The van der Waals surface area contributed by atoms with Crippen LogP contribution in [0.15, 0.2) is 30.5 Å². The van der Waals surface area contributed by atoms with Crippen molar-refractivity contribution < 1.29 is 33.6 Å². The molecule has 0 aliphatic carbocycles. The summed E-state index contributed by atoms with van der Waals surface area (Å²) in [6, 6.07) is 5.96. The lowest BCUT2D eigenvalue weighted by molar-refractivity contribution is -0.390. The van der Waals surface area contributed by atoms with Crippen LogP contribution in [0.5, 0.6) is 0 Å². The maximum absolute atomic E-state index is 12.9. The summed E-state index contributed by atoms with van der Waals surface area (Å²) in [5, 5.41) is 37.9. The Morgan fingerprint density at radius 3 is 2.04 bits per heavy atom. The first-order valence-corrected chi connectivity index (χ1v) is 7.51. The van der Waals surface area contributed by atoms with Crippen LogP contribution in [0.2, 0.25) is 0 Å². The van der Waals surface area contributed by atoms with E-state index in [1.807, 2.05) is 0 Å². The Hall–Kier alpha value is -1.40. The smallest absolute Gasteiger partial charge is 0.372 e. The van der Waals surface area contributed by atoms with Gasteiger partial charge in [-0.15, -0.1) is 0 Å². The zero-order valence-corrected chi connectivity index (χ0v) is 13.5. The fraction of sp³-hybridized carbons (Fsp3) is 0.308. The van der Waals surface area contributed by atoms with Crippen molar-refractivity contribution in [2.45, 2.75) is 23.1 Å². The van der Waals surface area contributed by atoms with Crippen LogP contribution in [-0.4, -0.2) is 43.8 Å². The van der Waals surface area contributed by atoms with Gasteiger partial charge in [0.2, 0.25) is 0 Å². The SMILES string of the molecule is [B]C(O)(n1cc(C(F)(F)F)nc1-c1ccc(CBr)cc1)C(O)(O)O. The molecule has 0 saturated carbocycles. The molecule has 0 spiro atoms. The van der Waals surface area contributed by atoms with Crippen LogP contribution >= 0.6 is 15.9 Å². The summed E-state index contributed by atoms with van der Waals surface area (Å²) >= 11 is 3.21. The van der Waals surface area contributed by atoms with Gasteiger partial charge in [-0.25, -0.2) is 4.98 Å². The normalized spacial score (nSPS) is 15.3. The van der Waals surface area contributed by atoms with Gasteiger partial charge in [-0.2, -0.15) is 13.2 Å². The number of halogens is 4. The number of alkyl halides is 4. The number of nitrogens with zero attached hydrogens (tertiary/aromatic N) is 2. The van der Waals surface area contributed by atoms with Crippen LogP contribution < -0.4 is 0 Å². The third-order valence-electron chi connectivity index (χ3n) is 3.22. The highest BCUT2D eigenvalue weighted by Gasteiger charge is 2.47. The number of imidazole rings is 1. The molecule has 2 radical (unpaired) electrons. The van der Waals surface area contributed by atoms with E-state index in [4.69, 9.17) is 23.2 Å². The molecule has 2 aromatic rings. The first kappa shape index (κ1) is 18.9. The molecule has 1 heterocycles. The van der Waals surface area contributed by atoms with Crippen molar-refractivity contribution in [3.8, 4) is 11.4 Å². The van der Waals surface area contributed by atoms with Crippen LogP contribution in [0.4, 0.5) is 13.2 Å². The minimum absolute atomic E-state index is 0.100. The summed E-state index contributed by atoms with van der Waals surface area (Å²) in [5.74, 6) is -4.43.